The van der Waals surface area contributed by atoms with E-state index in [1.54, 1.807) is 0 Å². The molecule has 2 heteroatoms. The molecular formula is C11H14O2. The van der Waals surface area contributed by atoms with Gasteiger partial charge in [-0.15, -0.1) is 0 Å². The van der Waals surface area contributed by atoms with Crippen molar-refractivity contribution in [2.45, 2.75) is 20.5 Å². The van der Waals surface area contributed by atoms with Gasteiger partial charge < -0.3 is 4.74 Å². The molecule has 0 aromatic heterocycles. The molecule has 0 aliphatic rings. The molecule has 0 N–H and O–H groups in total. The van der Waals surface area contributed by atoms with Crippen LogP contribution >= 0.6 is 0 Å². The van der Waals surface area contributed by atoms with Gasteiger partial charge in [0.15, 0.2) is 0 Å². The second kappa shape index (κ2) is 4.65. The summed E-state index contributed by atoms with van der Waals surface area (Å²) in [6.45, 7) is 4.03. The van der Waals surface area contributed by atoms with Gasteiger partial charge >= 0.3 is 5.97 Å². The highest BCUT2D eigenvalue weighted by Gasteiger charge is 2.07. The Morgan fingerprint density at radius 2 is 1.92 bits per heavy atom. The van der Waals surface area contributed by atoms with Crippen LogP contribution in [0.25, 0.3) is 0 Å². The molecule has 2 nitrogen and oxygen atoms in total. The maximum absolute atomic E-state index is 11.1. The molecule has 1 rings (SSSR count). The number of hydrogen-bond acceptors (Lipinski definition) is 2. The normalized spacial score (nSPS) is 10.1. The number of hydrogen-bond donors (Lipinski definition) is 0. The van der Waals surface area contributed by atoms with E-state index in [0.29, 0.717) is 6.61 Å². The first kappa shape index (κ1) is 9.78. The minimum absolute atomic E-state index is 0.0521. The molecule has 0 unspecified atom stereocenters. The molecule has 0 saturated carbocycles. The Labute approximate surface area is 78.5 Å². The molecule has 0 radical (unpaired) electrons. The molecule has 0 aliphatic carbocycles. The van der Waals surface area contributed by atoms with Crippen molar-refractivity contribution in [3.05, 3.63) is 35.9 Å². The molecule has 0 bridgehead atoms. The van der Waals surface area contributed by atoms with Crippen LogP contribution in [0.4, 0.5) is 0 Å². The van der Waals surface area contributed by atoms with Crippen molar-refractivity contribution in [1.82, 2.24) is 0 Å². The highest BCUT2D eigenvalue weighted by Crippen LogP contribution is 2.03. The van der Waals surface area contributed by atoms with E-state index in [1.807, 2.05) is 44.2 Å². The molecule has 0 heterocycles. The summed E-state index contributed by atoms with van der Waals surface area (Å²) in [7, 11) is 0. The Kier molecular flexibility index (Phi) is 3.50. The minimum Gasteiger partial charge on any atom is -0.461 e. The van der Waals surface area contributed by atoms with Crippen molar-refractivity contribution in [2.75, 3.05) is 0 Å². The number of carbonyl (C=O) groups excluding carboxylic acids is 1. The first-order valence-electron chi connectivity index (χ1n) is 4.40. The average molecular weight is 178 g/mol. The highest BCUT2D eigenvalue weighted by molar-refractivity contribution is 5.71. The van der Waals surface area contributed by atoms with Crippen LogP contribution in [0.1, 0.15) is 19.4 Å². The molecule has 0 atom stereocenters. The van der Waals surface area contributed by atoms with Gasteiger partial charge in [-0.2, -0.15) is 0 Å². The third-order valence-corrected chi connectivity index (χ3v) is 1.70. The van der Waals surface area contributed by atoms with Crippen LogP contribution in [-0.4, -0.2) is 5.97 Å². The van der Waals surface area contributed by atoms with E-state index in [1.165, 1.54) is 0 Å². The molecule has 13 heavy (non-hydrogen) atoms. The number of benzene rings is 1. The summed E-state index contributed by atoms with van der Waals surface area (Å²) in [6, 6.07) is 9.67. The second-order valence-electron chi connectivity index (χ2n) is 3.25. The predicted molar refractivity (Wildman–Crippen MR) is 51.1 cm³/mol. The summed E-state index contributed by atoms with van der Waals surface area (Å²) in [5, 5.41) is 0. The summed E-state index contributed by atoms with van der Waals surface area (Å²) in [6.07, 6.45) is 0. The van der Waals surface area contributed by atoms with Crippen LogP contribution in [0.3, 0.4) is 0 Å². The van der Waals surface area contributed by atoms with Crippen LogP contribution in [0.2, 0.25) is 0 Å². The van der Waals surface area contributed by atoms with Gasteiger partial charge in [-0.05, 0) is 5.56 Å². The monoisotopic (exact) mass is 178 g/mol. The average Bonchev–Trinajstić information content (AvgIpc) is 2.15. The first-order chi connectivity index (χ1) is 6.20. The quantitative estimate of drug-likeness (QED) is 0.664. The largest absolute Gasteiger partial charge is 0.461 e. The molecule has 1 aromatic rings. The van der Waals surface area contributed by atoms with E-state index in [4.69, 9.17) is 4.74 Å². The smallest absolute Gasteiger partial charge is 0.308 e. The molecule has 0 amide bonds. The zero-order valence-corrected chi connectivity index (χ0v) is 7.99. The SMILES string of the molecule is CC(C)C(=O)OCc1ccccc1. The van der Waals surface area contributed by atoms with Crippen molar-refractivity contribution in [1.29, 1.82) is 0 Å². The van der Waals surface area contributed by atoms with Gasteiger partial charge in [-0.3, -0.25) is 4.79 Å². The number of ether oxygens (including phenoxy) is 1. The third kappa shape index (κ3) is 3.28. The predicted octanol–water partition coefficient (Wildman–Crippen LogP) is 2.39. The standard InChI is InChI=1S/C11H14O2/c1-9(2)11(12)13-8-10-6-4-3-5-7-10/h3-7,9H,8H2,1-2H3. The lowest BCUT2D eigenvalue weighted by Gasteiger charge is -2.06. The summed E-state index contributed by atoms with van der Waals surface area (Å²) < 4.78 is 5.05. The van der Waals surface area contributed by atoms with Gasteiger partial charge in [0.25, 0.3) is 0 Å². The van der Waals surface area contributed by atoms with Crippen molar-refractivity contribution >= 4 is 5.97 Å². The van der Waals surface area contributed by atoms with Gasteiger partial charge in [0, 0.05) is 0 Å². The third-order valence-electron chi connectivity index (χ3n) is 1.70. The fourth-order valence-corrected chi connectivity index (χ4v) is 0.895. The van der Waals surface area contributed by atoms with Crippen molar-refractivity contribution in [2.24, 2.45) is 5.92 Å². The van der Waals surface area contributed by atoms with Gasteiger partial charge in [0.05, 0.1) is 5.92 Å². The van der Waals surface area contributed by atoms with E-state index >= 15 is 0 Å². The van der Waals surface area contributed by atoms with Crippen LogP contribution in [0, 0.1) is 5.92 Å². The summed E-state index contributed by atoms with van der Waals surface area (Å²) in [4.78, 5) is 11.1. The molecule has 0 saturated heterocycles. The van der Waals surface area contributed by atoms with Gasteiger partial charge in [-0.1, -0.05) is 44.2 Å². The zero-order valence-electron chi connectivity index (χ0n) is 7.99. The number of rotatable bonds is 3. The first-order valence-corrected chi connectivity index (χ1v) is 4.40. The van der Waals surface area contributed by atoms with E-state index in [-0.39, 0.29) is 11.9 Å². The molecule has 70 valence electrons. The Morgan fingerprint density at radius 1 is 1.31 bits per heavy atom. The topological polar surface area (TPSA) is 26.3 Å². The van der Waals surface area contributed by atoms with Crippen LogP contribution < -0.4 is 0 Å². The van der Waals surface area contributed by atoms with E-state index in [9.17, 15) is 4.79 Å². The fourth-order valence-electron chi connectivity index (χ4n) is 0.895. The van der Waals surface area contributed by atoms with Crippen LogP contribution in [-0.2, 0) is 16.1 Å². The highest BCUT2D eigenvalue weighted by atomic mass is 16.5. The lowest BCUT2D eigenvalue weighted by atomic mass is 10.2. The molecule has 0 fully saturated rings. The molecular weight excluding hydrogens is 164 g/mol. The number of carbonyl (C=O) groups is 1. The van der Waals surface area contributed by atoms with E-state index < -0.39 is 0 Å². The summed E-state index contributed by atoms with van der Waals surface area (Å²) >= 11 is 0. The Balaban J connectivity index is 2.40. The Morgan fingerprint density at radius 3 is 2.46 bits per heavy atom. The molecule has 0 spiro atoms. The second-order valence-corrected chi connectivity index (χ2v) is 3.25. The minimum atomic E-state index is -0.149. The zero-order chi connectivity index (χ0) is 9.68. The maximum atomic E-state index is 11.1. The van der Waals surface area contributed by atoms with Crippen molar-refractivity contribution < 1.29 is 9.53 Å². The fraction of sp³-hybridized carbons (Fsp3) is 0.364. The van der Waals surface area contributed by atoms with Crippen molar-refractivity contribution in [3.63, 3.8) is 0 Å². The number of esters is 1. The van der Waals surface area contributed by atoms with Crippen LogP contribution in [0.5, 0.6) is 0 Å². The molecule has 0 aliphatic heterocycles. The van der Waals surface area contributed by atoms with Gasteiger partial charge in [0.1, 0.15) is 6.61 Å². The molecule has 1 aromatic carbocycles. The van der Waals surface area contributed by atoms with Gasteiger partial charge in [0.2, 0.25) is 0 Å². The lowest BCUT2D eigenvalue weighted by molar-refractivity contribution is -0.148. The van der Waals surface area contributed by atoms with E-state index in [0.717, 1.165) is 5.56 Å². The van der Waals surface area contributed by atoms with Gasteiger partial charge in [-0.25, -0.2) is 0 Å². The summed E-state index contributed by atoms with van der Waals surface area (Å²) in [5.41, 5.74) is 1.02. The summed E-state index contributed by atoms with van der Waals surface area (Å²) in [5.74, 6) is -0.201. The van der Waals surface area contributed by atoms with Crippen molar-refractivity contribution in [3.8, 4) is 0 Å². The maximum Gasteiger partial charge on any atom is 0.308 e. The Hall–Kier alpha value is -1.31. The van der Waals surface area contributed by atoms with Crippen LogP contribution in [0.15, 0.2) is 30.3 Å². The van der Waals surface area contributed by atoms with E-state index in [2.05, 4.69) is 0 Å². The lowest BCUT2D eigenvalue weighted by Crippen LogP contribution is -2.11. The Bertz CT molecular complexity index is 265.